The van der Waals surface area contributed by atoms with Crippen LogP contribution in [-0.4, -0.2) is 87.4 Å². The number of piperazine rings is 1. The maximum Gasteiger partial charge on any atom is 0.262 e. The minimum Gasteiger partial charge on any atom is -0.497 e. The van der Waals surface area contributed by atoms with Crippen molar-refractivity contribution in [3.05, 3.63) is 40.7 Å². The van der Waals surface area contributed by atoms with Crippen molar-refractivity contribution < 1.29 is 14.2 Å². The largest absolute Gasteiger partial charge is 0.497 e. The maximum absolute atomic E-state index is 13.0. The van der Waals surface area contributed by atoms with Gasteiger partial charge in [0.15, 0.2) is 0 Å². The van der Waals surface area contributed by atoms with E-state index in [1.165, 1.54) is 7.11 Å². The lowest BCUT2D eigenvalue weighted by molar-refractivity contribution is 0.152. The monoisotopic (exact) mass is 481 g/mol. The van der Waals surface area contributed by atoms with Gasteiger partial charge in [-0.15, -0.1) is 0 Å². The van der Waals surface area contributed by atoms with Crippen molar-refractivity contribution in [3.8, 4) is 28.6 Å². The Morgan fingerprint density at radius 2 is 1.74 bits per heavy atom. The molecule has 9 nitrogen and oxygen atoms in total. The summed E-state index contributed by atoms with van der Waals surface area (Å²) in [5.41, 5.74) is 1.90. The second-order valence-electron chi connectivity index (χ2n) is 8.83. The SMILES string of the molecule is COc1ccc(-c2nc3cc(OC)cc(OC)c3c(=O)[nH]2)c(NCCCCN2CCN(C)CC2)c1. The number of aromatic nitrogens is 2. The van der Waals surface area contributed by atoms with Crippen molar-refractivity contribution in [2.75, 3.05) is 73.0 Å². The van der Waals surface area contributed by atoms with E-state index in [9.17, 15) is 4.79 Å². The van der Waals surface area contributed by atoms with Crippen molar-refractivity contribution in [1.29, 1.82) is 0 Å². The highest BCUT2D eigenvalue weighted by atomic mass is 16.5. The molecule has 0 amide bonds. The molecule has 4 rings (SSSR count). The van der Waals surface area contributed by atoms with E-state index < -0.39 is 0 Å². The topological polar surface area (TPSA) is 91.9 Å². The van der Waals surface area contributed by atoms with Crippen LogP contribution in [-0.2, 0) is 0 Å². The van der Waals surface area contributed by atoms with Crippen LogP contribution in [0.4, 0.5) is 5.69 Å². The number of benzene rings is 2. The fourth-order valence-electron chi connectivity index (χ4n) is 4.38. The number of nitrogens with zero attached hydrogens (tertiary/aromatic N) is 3. The molecular weight excluding hydrogens is 446 g/mol. The summed E-state index contributed by atoms with van der Waals surface area (Å²) in [6.45, 7) is 6.48. The molecule has 0 bridgehead atoms. The predicted molar refractivity (Wildman–Crippen MR) is 139 cm³/mol. The third kappa shape index (κ3) is 5.86. The average molecular weight is 482 g/mol. The maximum atomic E-state index is 13.0. The van der Waals surface area contributed by atoms with Crippen LogP contribution in [0.3, 0.4) is 0 Å². The van der Waals surface area contributed by atoms with E-state index in [1.807, 2.05) is 18.2 Å². The van der Waals surface area contributed by atoms with Crippen LogP contribution in [0.5, 0.6) is 17.2 Å². The van der Waals surface area contributed by atoms with Crippen LogP contribution >= 0.6 is 0 Å². The van der Waals surface area contributed by atoms with Crippen molar-refractivity contribution in [2.24, 2.45) is 0 Å². The number of unbranched alkanes of at least 4 members (excludes halogenated alkanes) is 1. The molecule has 0 atom stereocenters. The molecule has 1 aliphatic heterocycles. The minimum absolute atomic E-state index is 0.265. The van der Waals surface area contributed by atoms with E-state index in [0.717, 1.165) is 69.1 Å². The summed E-state index contributed by atoms with van der Waals surface area (Å²) in [7, 11) is 6.92. The van der Waals surface area contributed by atoms with Gasteiger partial charge in [-0.25, -0.2) is 4.98 Å². The molecule has 0 radical (unpaired) electrons. The van der Waals surface area contributed by atoms with Gasteiger partial charge in [0.25, 0.3) is 5.56 Å². The van der Waals surface area contributed by atoms with Crippen LogP contribution in [0.1, 0.15) is 12.8 Å². The average Bonchev–Trinajstić information content (AvgIpc) is 2.88. The number of rotatable bonds is 10. The fourth-order valence-corrected chi connectivity index (χ4v) is 4.38. The summed E-state index contributed by atoms with van der Waals surface area (Å²) in [6, 6.07) is 9.14. The number of ether oxygens (including phenoxy) is 3. The van der Waals surface area contributed by atoms with E-state index in [2.05, 4.69) is 27.1 Å². The molecule has 1 fully saturated rings. The van der Waals surface area contributed by atoms with Crippen molar-refractivity contribution in [2.45, 2.75) is 12.8 Å². The van der Waals surface area contributed by atoms with E-state index in [1.54, 1.807) is 26.4 Å². The zero-order chi connectivity index (χ0) is 24.8. The molecule has 1 saturated heterocycles. The van der Waals surface area contributed by atoms with Gasteiger partial charge in [-0.05, 0) is 38.6 Å². The quantitative estimate of drug-likeness (QED) is 0.427. The second-order valence-corrected chi connectivity index (χ2v) is 8.83. The standard InChI is InChI=1S/C26H35N5O4/c1-30-11-13-31(14-12-30)10-6-5-9-27-21-15-18(33-2)7-8-20(21)25-28-22-16-19(34-3)17-23(35-4)24(22)26(32)29-25/h7-8,15-17,27H,5-6,9-14H2,1-4H3,(H,28,29,32). The van der Waals surface area contributed by atoms with Gasteiger partial charge in [-0.1, -0.05) is 0 Å². The number of anilines is 1. The predicted octanol–water partition coefficient (Wildman–Crippen LogP) is 3.06. The van der Waals surface area contributed by atoms with Gasteiger partial charge in [-0.3, -0.25) is 4.79 Å². The molecule has 0 saturated carbocycles. The fraction of sp³-hybridized carbons (Fsp3) is 0.462. The summed E-state index contributed by atoms with van der Waals surface area (Å²) in [5.74, 6) is 2.21. The van der Waals surface area contributed by atoms with Crippen LogP contribution < -0.4 is 25.1 Å². The Morgan fingerprint density at radius 3 is 2.46 bits per heavy atom. The first kappa shape index (κ1) is 24.8. The Hall–Kier alpha value is -3.30. The Balaban J connectivity index is 1.53. The van der Waals surface area contributed by atoms with Gasteiger partial charge in [-0.2, -0.15) is 0 Å². The second kappa shape index (κ2) is 11.4. The van der Waals surface area contributed by atoms with Crippen molar-refractivity contribution in [3.63, 3.8) is 0 Å². The van der Waals surface area contributed by atoms with Crippen molar-refractivity contribution >= 4 is 16.6 Å². The highest BCUT2D eigenvalue weighted by molar-refractivity contribution is 5.88. The smallest absolute Gasteiger partial charge is 0.262 e. The first-order valence-electron chi connectivity index (χ1n) is 12.0. The van der Waals surface area contributed by atoms with E-state index in [-0.39, 0.29) is 5.56 Å². The number of methoxy groups -OCH3 is 3. The van der Waals surface area contributed by atoms with Gasteiger partial charge >= 0.3 is 0 Å². The molecule has 0 spiro atoms. The third-order valence-corrected chi connectivity index (χ3v) is 6.50. The normalized spacial score (nSPS) is 14.7. The lowest BCUT2D eigenvalue weighted by atomic mass is 10.1. The lowest BCUT2D eigenvalue weighted by Gasteiger charge is -2.32. The van der Waals surface area contributed by atoms with E-state index >= 15 is 0 Å². The third-order valence-electron chi connectivity index (χ3n) is 6.50. The van der Waals surface area contributed by atoms with Crippen LogP contribution in [0.15, 0.2) is 35.1 Å². The molecule has 2 N–H and O–H groups in total. The number of hydrogen-bond donors (Lipinski definition) is 2. The Labute approximate surface area is 206 Å². The Kier molecular flexibility index (Phi) is 8.09. The number of nitrogens with one attached hydrogen (secondary N) is 2. The summed E-state index contributed by atoms with van der Waals surface area (Å²) >= 11 is 0. The molecule has 2 heterocycles. The minimum atomic E-state index is -0.265. The molecule has 2 aromatic carbocycles. The van der Waals surface area contributed by atoms with Gasteiger partial charge in [0, 0.05) is 62.2 Å². The van der Waals surface area contributed by atoms with Gasteiger partial charge in [0.2, 0.25) is 0 Å². The summed E-state index contributed by atoms with van der Waals surface area (Å²) in [4.78, 5) is 25.6. The van der Waals surface area contributed by atoms with Crippen LogP contribution in [0, 0.1) is 0 Å². The zero-order valence-electron chi connectivity index (χ0n) is 21.0. The molecule has 1 aliphatic rings. The molecular formula is C26H35N5O4. The highest BCUT2D eigenvalue weighted by Crippen LogP contribution is 2.32. The molecule has 1 aromatic heterocycles. The van der Waals surface area contributed by atoms with Gasteiger partial charge < -0.3 is 34.3 Å². The molecule has 188 valence electrons. The molecule has 0 aliphatic carbocycles. The van der Waals surface area contributed by atoms with Crippen LogP contribution in [0.25, 0.3) is 22.3 Å². The Morgan fingerprint density at radius 1 is 0.971 bits per heavy atom. The van der Waals surface area contributed by atoms with Crippen LogP contribution in [0.2, 0.25) is 0 Å². The lowest BCUT2D eigenvalue weighted by Crippen LogP contribution is -2.44. The number of hydrogen-bond acceptors (Lipinski definition) is 8. The highest BCUT2D eigenvalue weighted by Gasteiger charge is 2.16. The summed E-state index contributed by atoms with van der Waals surface area (Å²) < 4.78 is 16.2. The summed E-state index contributed by atoms with van der Waals surface area (Å²) in [5, 5.41) is 3.92. The van der Waals surface area contributed by atoms with Gasteiger partial charge in [0.1, 0.15) is 28.5 Å². The van der Waals surface area contributed by atoms with E-state index in [0.29, 0.717) is 28.2 Å². The first-order valence-corrected chi connectivity index (χ1v) is 12.0. The molecule has 35 heavy (non-hydrogen) atoms. The number of likely N-dealkylation sites (N-methyl/N-ethyl adjacent to an activating group) is 1. The van der Waals surface area contributed by atoms with Gasteiger partial charge in [0.05, 0.1) is 26.8 Å². The number of H-pyrrole nitrogens is 1. The zero-order valence-corrected chi connectivity index (χ0v) is 21.0. The molecule has 3 aromatic rings. The number of fused-ring (bicyclic) bond motifs is 1. The molecule has 0 unspecified atom stereocenters. The molecule has 9 heteroatoms. The van der Waals surface area contributed by atoms with Crippen molar-refractivity contribution in [1.82, 2.24) is 19.8 Å². The Bertz CT molecular complexity index is 1200. The number of aromatic amines is 1. The van der Waals surface area contributed by atoms with E-state index in [4.69, 9.17) is 19.2 Å². The first-order chi connectivity index (χ1) is 17.0. The summed E-state index contributed by atoms with van der Waals surface area (Å²) in [6.07, 6.45) is 2.17.